The number of carboxylic acids is 1. The van der Waals surface area contributed by atoms with Crippen LogP contribution in [0.2, 0.25) is 0 Å². The third-order valence-corrected chi connectivity index (χ3v) is 6.01. The number of hydrogen-bond donors (Lipinski definition) is 1. The molecule has 0 spiro atoms. The second kappa shape index (κ2) is 9.17. The van der Waals surface area contributed by atoms with Crippen LogP contribution in [0, 0.1) is 6.92 Å². The topological polar surface area (TPSA) is 63.1 Å². The number of benzene rings is 1. The Labute approximate surface area is 159 Å². The van der Waals surface area contributed by atoms with E-state index in [0.29, 0.717) is 16.6 Å². The monoisotopic (exact) mass is 370 g/mol. The van der Waals surface area contributed by atoms with Crippen molar-refractivity contribution in [2.45, 2.75) is 62.8 Å². The Kier molecular flexibility index (Phi) is 6.67. The molecule has 0 amide bonds. The molecule has 0 atom stereocenters. The van der Waals surface area contributed by atoms with Gasteiger partial charge in [0.1, 0.15) is 16.4 Å². The van der Waals surface area contributed by atoms with Gasteiger partial charge >= 0.3 is 5.97 Å². The van der Waals surface area contributed by atoms with Gasteiger partial charge < -0.3 is 5.11 Å². The highest BCUT2D eigenvalue weighted by Gasteiger charge is 2.23. The Hall–Kier alpha value is -1.88. The Morgan fingerprint density at radius 1 is 1.15 bits per heavy atom. The summed E-state index contributed by atoms with van der Waals surface area (Å²) in [5.41, 5.74) is 2.18. The Morgan fingerprint density at radius 2 is 1.88 bits per heavy atom. The lowest BCUT2D eigenvalue weighted by molar-refractivity contribution is 0.0690. The molecule has 1 N–H and O–H groups in total. The molecule has 1 aliphatic rings. The van der Waals surface area contributed by atoms with Crippen molar-refractivity contribution in [1.29, 1.82) is 0 Å². The molecule has 2 aromatic rings. The van der Waals surface area contributed by atoms with Crippen molar-refractivity contribution in [3.63, 3.8) is 0 Å². The molecule has 1 aromatic heterocycles. The summed E-state index contributed by atoms with van der Waals surface area (Å²) in [5, 5.41) is 10.2. The molecule has 1 saturated carbocycles. The van der Waals surface area contributed by atoms with E-state index in [1.54, 1.807) is 18.7 Å². The number of aromatic carboxylic acids is 1. The fraction of sp³-hybridized carbons (Fsp3) is 0.476. The minimum Gasteiger partial charge on any atom is -0.478 e. The number of aromatic nitrogens is 2. The Bertz CT molecular complexity index is 743. The highest BCUT2D eigenvalue weighted by atomic mass is 32.2. The Balaban J connectivity index is 1.70. The van der Waals surface area contributed by atoms with E-state index in [-0.39, 0.29) is 5.56 Å². The van der Waals surface area contributed by atoms with E-state index in [4.69, 9.17) is 4.98 Å². The molecular formula is C21H26N2O2S. The lowest BCUT2D eigenvalue weighted by Gasteiger charge is -2.21. The van der Waals surface area contributed by atoms with Crippen LogP contribution in [-0.4, -0.2) is 26.8 Å². The van der Waals surface area contributed by atoms with E-state index in [1.807, 2.05) is 6.07 Å². The largest absolute Gasteiger partial charge is 0.478 e. The van der Waals surface area contributed by atoms with Gasteiger partial charge in [0.05, 0.1) is 5.69 Å². The van der Waals surface area contributed by atoms with Crippen LogP contribution in [0.25, 0.3) is 0 Å². The molecule has 0 aliphatic heterocycles. The minimum atomic E-state index is -0.928. The quantitative estimate of drug-likeness (QED) is 0.409. The van der Waals surface area contributed by atoms with E-state index in [1.165, 1.54) is 24.8 Å². The highest BCUT2D eigenvalue weighted by Crippen LogP contribution is 2.33. The van der Waals surface area contributed by atoms with Gasteiger partial charge in [0.2, 0.25) is 0 Å². The van der Waals surface area contributed by atoms with E-state index in [9.17, 15) is 9.90 Å². The van der Waals surface area contributed by atoms with Gasteiger partial charge in [-0.05, 0) is 43.9 Å². The SMILES string of the molecule is Cc1nc(C2CCCCC2)nc(SCCCc2ccccc2)c1C(=O)O. The average Bonchev–Trinajstić information content (AvgIpc) is 2.66. The zero-order valence-corrected chi connectivity index (χ0v) is 16.1. The fourth-order valence-electron chi connectivity index (χ4n) is 3.55. The van der Waals surface area contributed by atoms with Crippen LogP contribution >= 0.6 is 11.8 Å². The zero-order valence-electron chi connectivity index (χ0n) is 15.3. The van der Waals surface area contributed by atoms with Crippen LogP contribution in [0.4, 0.5) is 0 Å². The smallest absolute Gasteiger partial charge is 0.340 e. The van der Waals surface area contributed by atoms with Gasteiger partial charge in [0, 0.05) is 5.92 Å². The summed E-state index contributed by atoms with van der Waals surface area (Å²) in [7, 11) is 0. The molecule has 0 unspecified atom stereocenters. The maximum Gasteiger partial charge on any atom is 0.340 e. The molecule has 26 heavy (non-hydrogen) atoms. The van der Waals surface area contributed by atoms with Crippen LogP contribution in [0.3, 0.4) is 0 Å². The molecule has 0 radical (unpaired) electrons. The van der Waals surface area contributed by atoms with Crippen molar-refractivity contribution in [2.24, 2.45) is 0 Å². The van der Waals surface area contributed by atoms with Gasteiger partial charge in [-0.25, -0.2) is 14.8 Å². The predicted octanol–water partition coefficient (Wildman–Crippen LogP) is 5.26. The van der Waals surface area contributed by atoms with Gasteiger partial charge in [-0.1, -0.05) is 49.6 Å². The van der Waals surface area contributed by atoms with Crippen LogP contribution < -0.4 is 0 Å². The standard InChI is InChI=1S/C21H26N2O2S/c1-15-18(21(24)25)20(23-19(22-15)17-12-6-3-7-13-17)26-14-8-11-16-9-4-2-5-10-16/h2,4-5,9-10,17H,3,6-8,11-14H2,1H3,(H,24,25). The van der Waals surface area contributed by atoms with Gasteiger partial charge in [0.25, 0.3) is 0 Å². The number of carbonyl (C=O) groups is 1. The fourth-order valence-corrected chi connectivity index (χ4v) is 4.57. The van der Waals surface area contributed by atoms with Crippen LogP contribution in [-0.2, 0) is 6.42 Å². The van der Waals surface area contributed by atoms with Crippen molar-refractivity contribution in [3.8, 4) is 0 Å². The molecule has 1 fully saturated rings. The average molecular weight is 371 g/mol. The number of thioether (sulfide) groups is 1. The van der Waals surface area contributed by atoms with Crippen LogP contribution in [0.1, 0.15) is 71.9 Å². The number of nitrogens with zero attached hydrogens (tertiary/aromatic N) is 2. The molecule has 3 rings (SSSR count). The van der Waals surface area contributed by atoms with Crippen molar-refractivity contribution >= 4 is 17.7 Å². The summed E-state index contributed by atoms with van der Waals surface area (Å²) in [6, 6.07) is 10.4. The summed E-state index contributed by atoms with van der Waals surface area (Å²) in [6.45, 7) is 1.80. The lowest BCUT2D eigenvalue weighted by atomic mass is 9.88. The van der Waals surface area contributed by atoms with E-state index >= 15 is 0 Å². The van der Waals surface area contributed by atoms with Crippen LogP contribution in [0.15, 0.2) is 35.4 Å². The Morgan fingerprint density at radius 3 is 2.58 bits per heavy atom. The molecule has 1 aliphatic carbocycles. The van der Waals surface area contributed by atoms with Gasteiger partial charge in [-0.2, -0.15) is 0 Å². The summed E-state index contributed by atoms with van der Waals surface area (Å²) in [5.74, 6) is 1.16. The summed E-state index contributed by atoms with van der Waals surface area (Å²) < 4.78 is 0. The molecule has 0 bridgehead atoms. The zero-order chi connectivity index (χ0) is 18.4. The van der Waals surface area contributed by atoms with Gasteiger partial charge in [-0.3, -0.25) is 0 Å². The van der Waals surface area contributed by atoms with E-state index in [0.717, 1.165) is 37.3 Å². The summed E-state index contributed by atoms with van der Waals surface area (Å²) in [4.78, 5) is 20.9. The number of hydrogen-bond acceptors (Lipinski definition) is 4. The first-order chi connectivity index (χ1) is 12.6. The highest BCUT2D eigenvalue weighted by molar-refractivity contribution is 7.99. The third kappa shape index (κ3) is 4.85. The molecule has 4 nitrogen and oxygen atoms in total. The normalized spacial score (nSPS) is 15.1. The number of rotatable bonds is 7. The van der Waals surface area contributed by atoms with Crippen molar-refractivity contribution in [1.82, 2.24) is 9.97 Å². The maximum absolute atomic E-state index is 11.7. The van der Waals surface area contributed by atoms with E-state index in [2.05, 4.69) is 29.2 Å². The molecule has 1 heterocycles. The first-order valence-corrected chi connectivity index (χ1v) is 10.4. The van der Waals surface area contributed by atoms with Gasteiger partial charge in [0.15, 0.2) is 0 Å². The minimum absolute atomic E-state index is 0.272. The van der Waals surface area contributed by atoms with E-state index < -0.39 is 5.97 Å². The van der Waals surface area contributed by atoms with Crippen molar-refractivity contribution < 1.29 is 9.90 Å². The molecule has 138 valence electrons. The molecule has 5 heteroatoms. The molecular weight excluding hydrogens is 344 g/mol. The molecule has 1 aromatic carbocycles. The second-order valence-electron chi connectivity index (χ2n) is 6.93. The van der Waals surface area contributed by atoms with Crippen LogP contribution in [0.5, 0.6) is 0 Å². The summed E-state index contributed by atoms with van der Waals surface area (Å²) >= 11 is 1.56. The first-order valence-electron chi connectivity index (χ1n) is 9.43. The maximum atomic E-state index is 11.7. The summed E-state index contributed by atoms with van der Waals surface area (Å²) in [6.07, 6.45) is 7.93. The molecule has 0 saturated heterocycles. The third-order valence-electron chi connectivity index (χ3n) is 4.95. The predicted molar refractivity (Wildman–Crippen MR) is 105 cm³/mol. The lowest BCUT2D eigenvalue weighted by Crippen LogP contribution is -2.14. The van der Waals surface area contributed by atoms with Gasteiger partial charge in [-0.15, -0.1) is 11.8 Å². The van der Waals surface area contributed by atoms with Crippen molar-refractivity contribution in [2.75, 3.05) is 5.75 Å². The number of carboxylic acid groups (broad SMARTS) is 1. The second-order valence-corrected chi connectivity index (χ2v) is 8.01. The first kappa shape index (κ1) is 18.9. The van der Waals surface area contributed by atoms with Crippen molar-refractivity contribution in [3.05, 3.63) is 53.0 Å². The number of aryl methyl sites for hydroxylation is 2.